The number of carbonyl (C=O) groups is 2. The second kappa shape index (κ2) is 15.7. The third-order valence-corrected chi connectivity index (χ3v) is 11.9. The summed E-state index contributed by atoms with van der Waals surface area (Å²) in [5, 5.41) is 23.5. The highest BCUT2D eigenvalue weighted by molar-refractivity contribution is 6.12. The number of rotatable bonds is 8. The number of amides is 2. The lowest BCUT2D eigenvalue weighted by atomic mass is 9.89. The van der Waals surface area contributed by atoms with Crippen LogP contribution < -0.4 is 15.0 Å². The number of piperidine rings is 1. The number of carbonyl (C=O) groups excluding carboxylic acids is 2. The fourth-order valence-electron chi connectivity index (χ4n) is 8.71. The summed E-state index contributed by atoms with van der Waals surface area (Å²) < 4.78 is 7.41. The molecule has 10 heteroatoms. The Kier molecular flexibility index (Phi) is 10.4. The van der Waals surface area contributed by atoms with E-state index < -0.39 is 0 Å². The highest BCUT2D eigenvalue weighted by Crippen LogP contribution is 2.37. The van der Waals surface area contributed by atoms with Crippen LogP contribution in [0.3, 0.4) is 0 Å². The number of methoxy groups -OCH3 is 1. The van der Waals surface area contributed by atoms with Crippen molar-refractivity contribution < 1.29 is 19.4 Å². The van der Waals surface area contributed by atoms with Crippen LogP contribution >= 0.6 is 0 Å². The van der Waals surface area contributed by atoms with Crippen molar-refractivity contribution in [2.75, 3.05) is 38.2 Å². The first-order valence-electron chi connectivity index (χ1n) is 19.6. The zero-order valence-corrected chi connectivity index (χ0v) is 32.3. The molecule has 0 spiro atoms. The monoisotopic (exact) mass is 748 g/mol. The molecule has 1 saturated heterocycles. The molecule has 5 aromatic rings. The molecule has 0 aliphatic carbocycles. The van der Waals surface area contributed by atoms with Crippen molar-refractivity contribution in [3.8, 4) is 28.8 Å². The Labute approximate surface area is 328 Å². The van der Waals surface area contributed by atoms with Gasteiger partial charge in [-0.05, 0) is 135 Å². The van der Waals surface area contributed by atoms with E-state index in [1.54, 1.807) is 35.2 Å². The molecule has 0 unspecified atom stereocenters. The molecule has 56 heavy (non-hydrogen) atoms. The number of ether oxygens (including phenoxy) is 1. The number of phenols is 1. The lowest BCUT2D eigenvalue weighted by Gasteiger charge is -2.41. The van der Waals surface area contributed by atoms with Gasteiger partial charge in [0, 0.05) is 60.9 Å². The molecule has 4 aromatic carbocycles. The maximum absolute atomic E-state index is 15.2. The Morgan fingerprint density at radius 3 is 2.41 bits per heavy atom. The van der Waals surface area contributed by atoms with Crippen LogP contribution in [0.5, 0.6) is 11.5 Å². The van der Waals surface area contributed by atoms with E-state index in [1.807, 2.05) is 24.6 Å². The molecule has 1 atom stereocenters. The van der Waals surface area contributed by atoms with Crippen LogP contribution in [0, 0.1) is 18.3 Å². The van der Waals surface area contributed by atoms with E-state index in [0.29, 0.717) is 41.3 Å². The molecule has 0 bridgehead atoms. The summed E-state index contributed by atoms with van der Waals surface area (Å²) >= 11 is 0. The first-order valence-corrected chi connectivity index (χ1v) is 19.6. The number of fused-ring (bicyclic) bond motifs is 2. The molecule has 4 heterocycles. The Morgan fingerprint density at radius 1 is 0.911 bits per heavy atom. The minimum absolute atomic E-state index is 0.00426. The van der Waals surface area contributed by atoms with E-state index in [1.165, 1.54) is 55.2 Å². The van der Waals surface area contributed by atoms with Crippen molar-refractivity contribution in [1.82, 2.24) is 19.7 Å². The van der Waals surface area contributed by atoms with E-state index in [4.69, 9.17) is 4.74 Å². The number of nitrogens with one attached hydrogen (secondary N) is 1. The molecule has 0 radical (unpaired) electrons. The number of phenolic OH excluding ortho intramolecular Hbond substituents is 1. The average Bonchev–Trinajstić information content (AvgIpc) is 3.53. The summed E-state index contributed by atoms with van der Waals surface area (Å²) in [5.41, 5.74) is 9.52. The van der Waals surface area contributed by atoms with Gasteiger partial charge < -0.3 is 29.5 Å². The smallest absolute Gasteiger partial charge is 0.264 e. The van der Waals surface area contributed by atoms with Gasteiger partial charge in [-0.1, -0.05) is 30.7 Å². The minimum atomic E-state index is -0.312. The summed E-state index contributed by atoms with van der Waals surface area (Å²) in [5.74, 6) is 0.169. The quantitative estimate of drug-likeness (QED) is 0.172. The third kappa shape index (κ3) is 7.04. The lowest BCUT2D eigenvalue weighted by molar-refractivity contribution is 0.0566. The normalized spacial score (nSPS) is 16.8. The number of anilines is 2. The van der Waals surface area contributed by atoms with Gasteiger partial charge in [0.25, 0.3) is 11.8 Å². The van der Waals surface area contributed by atoms with Crippen molar-refractivity contribution >= 4 is 23.2 Å². The van der Waals surface area contributed by atoms with Crippen LogP contribution in [0.25, 0.3) is 11.3 Å². The highest BCUT2D eigenvalue weighted by atomic mass is 16.5. The van der Waals surface area contributed by atoms with Crippen LogP contribution in [0.4, 0.5) is 11.4 Å². The Balaban J connectivity index is 1.22. The van der Waals surface area contributed by atoms with Crippen LogP contribution in [-0.4, -0.2) is 70.6 Å². The van der Waals surface area contributed by atoms with E-state index in [2.05, 4.69) is 57.6 Å². The highest BCUT2D eigenvalue weighted by Gasteiger charge is 2.35. The zero-order chi connectivity index (χ0) is 38.9. The number of hydrogen-bond acceptors (Lipinski definition) is 7. The van der Waals surface area contributed by atoms with E-state index in [9.17, 15) is 15.2 Å². The van der Waals surface area contributed by atoms with Crippen molar-refractivity contribution in [2.45, 2.75) is 58.2 Å². The second-order valence-corrected chi connectivity index (χ2v) is 15.3. The third-order valence-electron chi connectivity index (χ3n) is 11.9. The lowest BCUT2D eigenvalue weighted by Crippen LogP contribution is -2.51. The van der Waals surface area contributed by atoms with Gasteiger partial charge in [-0.25, -0.2) is 0 Å². The predicted octanol–water partition coefficient (Wildman–Crippen LogP) is 7.26. The SMILES string of the molecule is COc1ccc(N(C(=O)c2cc(-c3cc4c(cc3C(=O)N3Cc5ccccc5C[C@H]3CN3CCCCC3)CNCC4)n(C)c2C)c2ccc(O)cc2)cc1C#N. The van der Waals surface area contributed by atoms with Gasteiger partial charge in [0.2, 0.25) is 0 Å². The first-order chi connectivity index (χ1) is 27.2. The van der Waals surface area contributed by atoms with Crippen LogP contribution in [0.15, 0.2) is 84.9 Å². The molecular formula is C46H48N6O4. The number of nitriles is 1. The Morgan fingerprint density at radius 2 is 1.66 bits per heavy atom. The van der Waals surface area contributed by atoms with Crippen LogP contribution in [0.1, 0.15) is 73.5 Å². The molecule has 3 aliphatic heterocycles. The van der Waals surface area contributed by atoms with Crippen LogP contribution in [-0.2, 0) is 33.0 Å². The van der Waals surface area contributed by atoms with Gasteiger partial charge in [0.1, 0.15) is 17.6 Å². The summed E-state index contributed by atoms with van der Waals surface area (Å²) in [6.45, 7) is 6.98. The predicted molar refractivity (Wildman–Crippen MR) is 217 cm³/mol. The van der Waals surface area contributed by atoms with Gasteiger partial charge in [-0.3, -0.25) is 14.5 Å². The molecule has 8 rings (SSSR count). The maximum atomic E-state index is 15.2. The van der Waals surface area contributed by atoms with Crippen molar-refractivity contribution in [1.29, 1.82) is 5.26 Å². The zero-order valence-electron chi connectivity index (χ0n) is 32.3. The molecule has 2 amide bonds. The molecule has 10 nitrogen and oxygen atoms in total. The number of benzene rings is 4. The summed E-state index contributed by atoms with van der Waals surface area (Å²) in [4.78, 5) is 36.3. The van der Waals surface area contributed by atoms with Crippen LogP contribution in [0.2, 0.25) is 0 Å². The Hall–Kier alpha value is -5.89. The summed E-state index contributed by atoms with van der Waals surface area (Å²) in [6.07, 6.45) is 5.29. The summed E-state index contributed by atoms with van der Waals surface area (Å²) in [6, 6.07) is 28.3. The molecule has 3 aliphatic rings. The second-order valence-electron chi connectivity index (χ2n) is 15.3. The molecule has 1 aromatic heterocycles. The van der Waals surface area contributed by atoms with Gasteiger partial charge in [0.15, 0.2) is 0 Å². The molecular weight excluding hydrogens is 701 g/mol. The van der Waals surface area contributed by atoms with E-state index in [-0.39, 0.29) is 29.2 Å². The number of aromatic hydroxyl groups is 1. The largest absolute Gasteiger partial charge is 0.508 e. The standard InChI is InChI=1S/C46H48N6O4/c1-30-40(46(55)52(36-11-14-39(53)15-12-36)37-13-16-44(56-3)34(22-37)26-47)25-43(49(30)2)41-23-32-17-18-48-27-35(32)24-42(41)45(54)51-28-33-10-6-5-9-31(33)21-38(51)29-50-19-7-4-8-20-50/h5-6,9-16,22-25,38,48,53H,4,7-8,17-21,27-29H2,1-3H3/t38-/m0/s1. The topological polar surface area (TPSA) is 114 Å². The molecule has 1 fully saturated rings. The maximum Gasteiger partial charge on any atom is 0.264 e. The molecule has 286 valence electrons. The van der Waals surface area contributed by atoms with Crippen molar-refractivity contribution in [3.05, 3.63) is 130 Å². The summed E-state index contributed by atoms with van der Waals surface area (Å²) in [7, 11) is 3.45. The van der Waals surface area contributed by atoms with Crippen molar-refractivity contribution in [2.24, 2.45) is 7.05 Å². The van der Waals surface area contributed by atoms with Gasteiger partial charge in [0.05, 0.1) is 23.9 Å². The average molecular weight is 749 g/mol. The van der Waals surface area contributed by atoms with Gasteiger partial charge in [-0.2, -0.15) is 5.26 Å². The minimum Gasteiger partial charge on any atom is -0.508 e. The van der Waals surface area contributed by atoms with E-state index in [0.717, 1.165) is 61.5 Å². The van der Waals surface area contributed by atoms with Crippen molar-refractivity contribution in [3.63, 3.8) is 0 Å². The number of likely N-dealkylation sites (tertiary alicyclic amines) is 1. The fourth-order valence-corrected chi connectivity index (χ4v) is 8.71. The van der Waals surface area contributed by atoms with Gasteiger partial charge >= 0.3 is 0 Å². The molecule has 2 N–H and O–H groups in total. The number of hydrogen-bond donors (Lipinski definition) is 2. The molecule has 0 saturated carbocycles. The van der Waals surface area contributed by atoms with E-state index >= 15 is 4.79 Å². The fraction of sp³-hybridized carbons (Fsp3) is 0.326. The first kappa shape index (κ1) is 37.1. The Bertz CT molecular complexity index is 2340. The number of aromatic nitrogens is 1. The van der Waals surface area contributed by atoms with Gasteiger partial charge in [-0.15, -0.1) is 0 Å². The number of nitrogens with zero attached hydrogens (tertiary/aromatic N) is 5.